The third-order valence-corrected chi connectivity index (χ3v) is 2.88. The first-order chi connectivity index (χ1) is 9.97. The third kappa shape index (κ3) is 3.79. The van der Waals surface area contributed by atoms with Crippen LogP contribution in [0.3, 0.4) is 0 Å². The van der Waals surface area contributed by atoms with E-state index in [1.54, 1.807) is 24.3 Å². The van der Waals surface area contributed by atoms with Crippen molar-refractivity contribution in [1.29, 1.82) is 0 Å². The van der Waals surface area contributed by atoms with Crippen molar-refractivity contribution in [2.45, 2.75) is 32.3 Å². The smallest absolute Gasteiger partial charge is 0.450 e. The monoisotopic (exact) mass is 294 g/mol. The van der Waals surface area contributed by atoms with E-state index in [2.05, 4.69) is 4.74 Å². The number of carboxylic acid groups (broad SMARTS) is 1. The summed E-state index contributed by atoms with van der Waals surface area (Å²) in [4.78, 5) is 33.1. The average Bonchev–Trinajstić information content (AvgIpc) is 2.74. The molecule has 0 fully saturated rings. The molecule has 1 aliphatic rings. The van der Waals surface area contributed by atoms with Crippen LogP contribution in [0.25, 0.3) is 0 Å². The van der Waals surface area contributed by atoms with E-state index >= 15 is 0 Å². The maximum Gasteiger partial charge on any atom is 0.508 e. The van der Waals surface area contributed by atoms with Gasteiger partial charge in [0.05, 0.1) is 6.42 Å². The van der Waals surface area contributed by atoms with Gasteiger partial charge in [-0.1, -0.05) is 24.3 Å². The number of carbonyl (C=O) groups is 3. The van der Waals surface area contributed by atoms with Gasteiger partial charge in [0.2, 0.25) is 12.6 Å². The highest BCUT2D eigenvalue weighted by Gasteiger charge is 2.36. The fourth-order valence-electron chi connectivity index (χ4n) is 1.93. The normalized spacial score (nSPS) is 19.7. The Kier molecular flexibility index (Phi) is 4.54. The van der Waals surface area contributed by atoms with Gasteiger partial charge in [0.1, 0.15) is 5.78 Å². The lowest BCUT2D eigenvalue weighted by Crippen LogP contribution is -2.13. The van der Waals surface area contributed by atoms with Crippen LogP contribution in [0.2, 0.25) is 0 Å². The fraction of sp³-hybridized carbons (Fsp3) is 0.357. The maximum atomic E-state index is 11.6. The van der Waals surface area contributed by atoms with Crippen LogP contribution in [0.15, 0.2) is 24.3 Å². The number of hydrogen-bond donors (Lipinski definition) is 1. The fourth-order valence-corrected chi connectivity index (χ4v) is 1.93. The van der Waals surface area contributed by atoms with Gasteiger partial charge in [-0.05, 0) is 6.92 Å². The van der Waals surface area contributed by atoms with E-state index in [1.165, 1.54) is 6.92 Å². The quantitative estimate of drug-likeness (QED) is 0.832. The van der Waals surface area contributed by atoms with Gasteiger partial charge in [-0.2, -0.15) is 0 Å². The first-order valence-electron chi connectivity index (χ1n) is 6.30. The Balaban J connectivity index is 2.06. The Morgan fingerprint density at radius 3 is 2.19 bits per heavy atom. The lowest BCUT2D eigenvalue weighted by molar-refractivity contribution is -0.220. The van der Waals surface area contributed by atoms with Gasteiger partial charge < -0.3 is 19.4 Å². The van der Waals surface area contributed by atoms with E-state index < -0.39 is 24.7 Å². The number of hydrogen-bond acceptors (Lipinski definition) is 6. The minimum atomic E-state index is -1.49. The van der Waals surface area contributed by atoms with Gasteiger partial charge in [0.25, 0.3) is 0 Å². The second kappa shape index (κ2) is 6.36. The minimum Gasteiger partial charge on any atom is -0.450 e. The first-order valence-corrected chi connectivity index (χ1v) is 6.30. The zero-order valence-electron chi connectivity index (χ0n) is 11.3. The van der Waals surface area contributed by atoms with Crippen molar-refractivity contribution < 1.29 is 33.7 Å². The predicted molar refractivity (Wildman–Crippen MR) is 68.1 cm³/mol. The predicted octanol–water partition coefficient (Wildman–Crippen LogP) is 2.32. The summed E-state index contributed by atoms with van der Waals surface area (Å²) in [7, 11) is 0. The first kappa shape index (κ1) is 15.0. The van der Waals surface area contributed by atoms with Crippen molar-refractivity contribution in [3.8, 4) is 0 Å². The highest BCUT2D eigenvalue weighted by Crippen LogP contribution is 2.40. The average molecular weight is 294 g/mol. The molecule has 0 amide bonds. The molecule has 0 aliphatic carbocycles. The minimum absolute atomic E-state index is 0.0538. The Labute approximate surface area is 120 Å². The van der Waals surface area contributed by atoms with E-state index in [4.69, 9.17) is 14.6 Å². The SMILES string of the molecule is CC(=O)CCC(=O)OC1OC(OC(=O)O)c2ccccc21. The van der Waals surface area contributed by atoms with Gasteiger partial charge in [0, 0.05) is 17.5 Å². The summed E-state index contributed by atoms with van der Waals surface area (Å²) in [6.07, 6.45) is -3.63. The second-order valence-corrected chi connectivity index (χ2v) is 4.50. The Bertz CT molecular complexity index is 566. The highest BCUT2D eigenvalue weighted by atomic mass is 16.8. The van der Waals surface area contributed by atoms with E-state index in [0.29, 0.717) is 11.1 Å². The molecule has 0 radical (unpaired) electrons. The molecule has 0 aromatic heterocycles. The molecule has 112 valence electrons. The molecule has 1 N–H and O–H groups in total. The number of esters is 1. The maximum absolute atomic E-state index is 11.6. The van der Waals surface area contributed by atoms with Gasteiger partial charge >= 0.3 is 12.1 Å². The van der Waals surface area contributed by atoms with E-state index in [9.17, 15) is 14.4 Å². The van der Waals surface area contributed by atoms with Crippen molar-refractivity contribution >= 4 is 17.9 Å². The zero-order chi connectivity index (χ0) is 15.4. The molecule has 2 atom stereocenters. The molecule has 2 unspecified atom stereocenters. The molecular formula is C14H14O7. The summed E-state index contributed by atoms with van der Waals surface area (Å²) in [5.41, 5.74) is 1.02. The number of Topliss-reactive ketones (excluding diaryl/α,β-unsaturated/α-hetero) is 1. The Morgan fingerprint density at radius 2 is 1.67 bits per heavy atom. The van der Waals surface area contributed by atoms with Gasteiger partial charge in [-0.3, -0.25) is 9.53 Å². The Morgan fingerprint density at radius 1 is 1.10 bits per heavy atom. The summed E-state index contributed by atoms with van der Waals surface area (Å²) >= 11 is 0. The van der Waals surface area contributed by atoms with Crippen LogP contribution in [-0.4, -0.2) is 23.0 Å². The zero-order valence-corrected chi connectivity index (χ0v) is 11.3. The Hall–Kier alpha value is -2.41. The molecule has 7 heteroatoms. The summed E-state index contributed by atoms with van der Waals surface area (Å²) in [6.45, 7) is 1.38. The van der Waals surface area contributed by atoms with E-state index in [-0.39, 0.29) is 18.6 Å². The molecule has 0 saturated heterocycles. The van der Waals surface area contributed by atoms with Crippen LogP contribution in [0.4, 0.5) is 4.79 Å². The van der Waals surface area contributed by atoms with Crippen LogP contribution < -0.4 is 0 Å². The summed E-state index contributed by atoms with van der Waals surface area (Å²) in [5.74, 6) is -0.715. The van der Waals surface area contributed by atoms with Crippen molar-refractivity contribution in [3.63, 3.8) is 0 Å². The van der Waals surface area contributed by atoms with Gasteiger partial charge in [-0.25, -0.2) is 4.79 Å². The molecule has 7 nitrogen and oxygen atoms in total. The summed E-state index contributed by atoms with van der Waals surface area (Å²) in [6, 6.07) is 6.69. The number of benzene rings is 1. The van der Waals surface area contributed by atoms with Crippen LogP contribution in [0, 0.1) is 0 Å². The number of ether oxygens (including phenoxy) is 3. The number of fused-ring (bicyclic) bond motifs is 1. The largest absolute Gasteiger partial charge is 0.508 e. The van der Waals surface area contributed by atoms with Crippen molar-refractivity contribution in [1.82, 2.24) is 0 Å². The lowest BCUT2D eigenvalue weighted by Gasteiger charge is -2.14. The lowest BCUT2D eigenvalue weighted by atomic mass is 10.1. The third-order valence-electron chi connectivity index (χ3n) is 2.88. The molecule has 0 spiro atoms. The topological polar surface area (TPSA) is 99.1 Å². The molecule has 0 bridgehead atoms. The van der Waals surface area contributed by atoms with Crippen molar-refractivity contribution in [2.75, 3.05) is 0 Å². The number of rotatable bonds is 5. The van der Waals surface area contributed by atoms with Crippen LogP contribution in [-0.2, 0) is 23.8 Å². The summed E-state index contributed by atoms with van der Waals surface area (Å²) < 4.78 is 15.0. The molecule has 0 saturated carbocycles. The van der Waals surface area contributed by atoms with Crippen molar-refractivity contribution in [3.05, 3.63) is 35.4 Å². The molecule has 21 heavy (non-hydrogen) atoms. The van der Waals surface area contributed by atoms with E-state index in [0.717, 1.165) is 0 Å². The van der Waals surface area contributed by atoms with Gasteiger partial charge in [0.15, 0.2) is 0 Å². The van der Waals surface area contributed by atoms with E-state index in [1.807, 2.05) is 0 Å². The molecular weight excluding hydrogens is 280 g/mol. The van der Waals surface area contributed by atoms with Crippen molar-refractivity contribution in [2.24, 2.45) is 0 Å². The molecule has 2 rings (SSSR count). The van der Waals surface area contributed by atoms with Crippen LogP contribution >= 0.6 is 0 Å². The molecule has 1 aromatic carbocycles. The summed E-state index contributed by atoms with van der Waals surface area (Å²) in [5, 5.41) is 8.67. The molecule has 1 aliphatic heterocycles. The second-order valence-electron chi connectivity index (χ2n) is 4.50. The number of ketones is 1. The standard InChI is InChI=1S/C14H14O7/c1-8(15)6-7-11(16)19-12-9-4-2-3-5-10(9)13(20-12)21-14(17)18/h2-5,12-13H,6-7H2,1H3,(H,17,18). The van der Waals surface area contributed by atoms with Gasteiger partial charge in [-0.15, -0.1) is 0 Å². The van der Waals surface area contributed by atoms with Crippen LogP contribution in [0.5, 0.6) is 0 Å². The molecule has 1 aromatic rings. The number of carbonyl (C=O) groups excluding carboxylic acids is 2. The molecule has 1 heterocycles. The highest BCUT2D eigenvalue weighted by molar-refractivity contribution is 5.81. The van der Waals surface area contributed by atoms with Crippen LogP contribution in [0.1, 0.15) is 43.5 Å².